The Bertz CT molecular complexity index is 676. The number of aryl methyl sites for hydroxylation is 1. The number of hydrogen-bond donors (Lipinski definition) is 0. The summed E-state index contributed by atoms with van der Waals surface area (Å²) in [4.78, 5) is 16.5. The van der Waals surface area contributed by atoms with Crippen molar-refractivity contribution in [3.63, 3.8) is 0 Å². The summed E-state index contributed by atoms with van der Waals surface area (Å²) in [6, 6.07) is 12.5. The van der Waals surface area contributed by atoms with Gasteiger partial charge in [0.05, 0.1) is 6.54 Å². The first-order valence-electron chi connectivity index (χ1n) is 8.68. The monoisotopic (exact) mass is 326 g/mol. The van der Waals surface area contributed by atoms with Crippen LogP contribution in [0.15, 0.2) is 40.8 Å². The SMILES string of the molecule is CN(C)Cc1cc2c(o1)CCN(C(=O)CCCc1ccccc1)C2. The van der Waals surface area contributed by atoms with E-state index in [0.717, 1.165) is 43.9 Å². The van der Waals surface area contributed by atoms with E-state index in [4.69, 9.17) is 4.42 Å². The van der Waals surface area contributed by atoms with Crippen molar-refractivity contribution in [3.8, 4) is 0 Å². The molecule has 1 amide bonds. The highest BCUT2D eigenvalue weighted by Gasteiger charge is 2.23. The predicted molar refractivity (Wildman–Crippen MR) is 94.6 cm³/mol. The maximum absolute atomic E-state index is 12.5. The Labute approximate surface area is 144 Å². The van der Waals surface area contributed by atoms with Gasteiger partial charge >= 0.3 is 0 Å². The fraction of sp³-hybridized carbons (Fsp3) is 0.450. The molecule has 128 valence electrons. The minimum absolute atomic E-state index is 0.256. The average Bonchev–Trinajstić information content (AvgIpc) is 2.96. The molecule has 0 spiro atoms. The third kappa shape index (κ3) is 4.26. The quantitative estimate of drug-likeness (QED) is 0.818. The number of furan rings is 1. The Morgan fingerprint density at radius 1 is 1.25 bits per heavy atom. The predicted octanol–water partition coefficient (Wildman–Crippen LogP) is 3.25. The lowest BCUT2D eigenvalue weighted by Crippen LogP contribution is -2.35. The van der Waals surface area contributed by atoms with Crippen molar-refractivity contribution in [1.82, 2.24) is 9.80 Å². The van der Waals surface area contributed by atoms with E-state index in [1.165, 1.54) is 11.1 Å². The van der Waals surface area contributed by atoms with Gasteiger partial charge in [-0.15, -0.1) is 0 Å². The van der Waals surface area contributed by atoms with Gasteiger partial charge in [-0.05, 0) is 38.6 Å². The van der Waals surface area contributed by atoms with E-state index in [9.17, 15) is 4.79 Å². The van der Waals surface area contributed by atoms with Crippen molar-refractivity contribution in [2.45, 2.75) is 38.8 Å². The van der Waals surface area contributed by atoms with Crippen LogP contribution in [-0.4, -0.2) is 36.3 Å². The first-order chi connectivity index (χ1) is 11.6. The zero-order valence-electron chi connectivity index (χ0n) is 14.6. The van der Waals surface area contributed by atoms with Gasteiger partial charge in [-0.25, -0.2) is 0 Å². The normalized spacial score (nSPS) is 14.0. The fourth-order valence-corrected chi connectivity index (χ4v) is 3.24. The van der Waals surface area contributed by atoms with Crippen molar-refractivity contribution < 1.29 is 9.21 Å². The molecule has 0 saturated heterocycles. The lowest BCUT2D eigenvalue weighted by atomic mass is 10.1. The van der Waals surface area contributed by atoms with Crippen LogP contribution in [0.1, 0.15) is 35.5 Å². The highest BCUT2D eigenvalue weighted by molar-refractivity contribution is 5.76. The summed E-state index contributed by atoms with van der Waals surface area (Å²) in [5.74, 6) is 2.30. The largest absolute Gasteiger partial charge is 0.464 e. The van der Waals surface area contributed by atoms with E-state index < -0.39 is 0 Å². The zero-order chi connectivity index (χ0) is 16.9. The molecule has 2 aromatic rings. The topological polar surface area (TPSA) is 36.7 Å². The Morgan fingerprint density at radius 3 is 2.79 bits per heavy atom. The third-order valence-corrected chi connectivity index (χ3v) is 4.44. The van der Waals surface area contributed by atoms with Gasteiger partial charge < -0.3 is 14.2 Å². The van der Waals surface area contributed by atoms with E-state index in [-0.39, 0.29) is 5.91 Å². The minimum atomic E-state index is 0.256. The minimum Gasteiger partial charge on any atom is -0.464 e. The van der Waals surface area contributed by atoms with E-state index >= 15 is 0 Å². The zero-order valence-corrected chi connectivity index (χ0v) is 14.6. The fourth-order valence-electron chi connectivity index (χ4n) is 3.24. The first-order valence-corrected chi connectivity index (χ1v) is 8.68. The number of hydrogen-bond acceptors (Lipinski definition) is 3. The van der Waals surface area contributed by atoms with Crippen LogP contribution >= 0.6 is 0 Å². The number of fused-ring (bicyclic) bond motifs is 1. The molecule has 0 N–H and O–H groups in total. The maximum atomic E-state index is 12.5. The van der Waals surface area contributed by atoms with Crippen LogP contribution in [-0.2, 0) is 30.7 Å². The van der Waals surface area contributed by atoms with Crippen LogP contribution in [0.4, 0.5) is 0 Å². The van der Waals surface area contributed by atoms with Gasteiger partial charge in [-0.2, -0.15) is 0 Å². The average molecular weight is 326 g/mol. The van der Waals surface area contributed by atoms with Crippen LogP contribution < -0.4 is 0 Å². The number of amides is 1. The number of carbonyl (C=O) groups is 1. The molecule has 1 aliphatic rings. The second-order valence-electron chi connectivity index (χ2n) is 6.80. The molecule has 4 heteroatoms. The number of carbonyl (C=O) groups excluding carboxylic acids is 1. The molecule has 0 unspecified atom stereocenters. The van der Waals surface area contributed by atoms with E-state index in [1.807, 2.05) is 37.2 Å². The highest BCUT2D eigenvalue weighted by atomic mass is 16.3. The van der Waals surface area contributed by atoms with E-state index in [1.54, 1.807) is 0 Å². The van der Waals surface area contributed by atoms with Crippen molar-refractivity contribution in [3.05, 3.63) is 59.0 Å². The molecule has 0 atom stereocenters. The van der Waals surface area contributed by atoms with Crippen LogP contribution in [0.25, 0.3) is 0 Å². The Hall–Kier alpha value is -2.07. The highest BCUT2D eigenvalue weighted by Crippen LogP contribution is 2.24. The summed E-state index contributed by atoms with van der Waals surface area (Å²) < 4.78 is 5.90. The van der Waals surface area contributed by atoms with Crippen molar-refractivity contribution in [1.29, 1.82) is 0 Å². The molecule has 1 aromatic carbocycles. The Kier molecular flexibility index (Phi) is 5.36. The summed E-state index contributed by atoms with van der Waals surface area (Å²) in [7, 11) is 4.06. The number of nitrogens with zero attached hydrogens (tertiary/aromatic N) is 2. The summed E-state index contributed by atoms with van der Waals surface area (Å²) in [5.41, 5.74) is 2.48. The molecule has 0 saturated carbocycles. The standard InChI is InChI=1S/C20H26N2O2/c1-21(2)15-18-13-17-14-22(12-11-19(17)24-18)20(23)10-6-9-16-7-4-3-5-8-16/h3-5,7-8,13H,6,9-12,14-15H2,1-2H3. The summed E-state index contributed by atoms with van der Waals surface area (Å²) in [5, 5.41) is 0. The Morgan fingerprint density at radius 2 is 2.04 bits per heavy atom. The molecule has 0 radical (unpaired) electrons. The molecular formula is C20H26N2O2. The smallest absolute Gasteiger partial charge is 0.222 e. The maximum Gasteiger partial charge on any atom is 0.222 e. The van der Waals surface area contributed by atoms with Gasteiger partial charge in [0, 0.05) is 31.5 Å². The number of rotatable bonds is 6. The lowest BCUT2D eigenvalue weighted by Gasteiger charge is -2.26. The van der Waals surface area contributed by atoms with Gasteiger partial charge in [-0.3, -0.25) is 4.79 Å². The first kappa shape index (κ1) is 16.8. The van der Waals surface area contributed by atoms with Crippen molar-refractivity contribution >= 4 is 5.91 Å². The molecule has 0 bridgehead atoms. The second kappa shape index (κ2) is 7.67. The van der Waals surface area contributed by atoms with Gasteiger partial charge in [0.15, 0.2) is 0 Å². The molecule has 0 fully saturated rings. The summed E-state index contributed by atoms with van der Waals surface area (Å²) in [6.45, 7) is 2.26. The third-order valence-electron chi connectivity index (χ3n) is 4.44. The summed E-state index contributed by atoms with van der Waals surface area (Å²) in [6.07, 6.45) is 3.31. The van der Waals surface area contributed by atoms with Crippen LogP contribution in [0.5, 0.6) is 0 Å². The molecule has 3 rings (SSSR count). The molecule has 4 nitrogen and oxygen atoms in total. The second-order valence-corrected chi connectivity index (χ2v) is 6.80. The molecule has 1 aromatic heterocycles. The van der Waals surface area contributed by atoms with Crippen molar-refractivity contribution in [2.24, 2.45) is 0 Å². The molecule has 24 heavy (non-hydrogen) atoms. The number of benzene rings is 1. The van der Waals surface area contributed by atoms with Gasteiger partial charge in [-0.1, -0.05) is 30.3 Å². The molecular weight excluding hydrogens is 300 g/mol. The van der Waals surface area contributed by atoms with Gasteiger partial charge in [0.1, 0.15) is 11.5 Å². The Balaban J connectivity index is 1.51. The van der Waals surface area contributed by atoms with Crippen molar-refractivity contribution in [2.75, 3.05) is 20.6 Å². The molecule has 1 aliphatic heterocycles. The van der Waals surface area contributed by atoms with Crippen LogP contribution in [0, 0.1) is 0 Å². The van der Waals surface area contributed by atoms with Gasteiger partial charge in [0.25, 0.3) is 0 Å². The lowest BCUT2D eigenvalue weighted by molar-refractivity contribution is -0.132. The van der Waals surface area contributed by atoms with Gasteiger partial charge in [0.2, 0.25) is 5.91 Å². The molecule has 2 heterocycles. The van der Waals surface area contributed by atoms with Crippen LogP contribution in [0.3, 0.4) is 0 Å². The molecule has 0 aliphatic carbocycles. The van der Waals surface area contributed by atoms with E-state index in [2.05, 4.69) is 23.1 Å². The van der Waals surface area contributed by atoms with E-state index in [0.29, 0.717) is 13.0 Å². The van der Waals surface area contributed by atoms with Crippen LogP contribution in [0.2, 0.25) is 0 Å². The summed E-state index contributed by atoms with van der Waals surface area (Å²) >= 11 is 0.